The molecule has 0 saturated carbocycles. The number of fused-ring (bicyclic) bond motifs is 1. The number of nitrogens with zero attached hydrogens (tertiary/aromatic N) is 2. The Morgan fingerprint density at radius 3 is 3.08 bits per heavy atom. The van der Waals surface area contributed by atoms with Crippen molar-refractivity contribution in [2.75, 3.05) is 0 Å². The zero-order valence-electron chi connectivity index (χ0n) is 6.07. The van der Waals surface area contributed by atoms with Gasteiger partial charge in [0.2, 0.25) is 0 Å². The van der Waals surface area contributed by atoms with Crippen LogP contribution in [0.3, 0.4) is 0 Å². The van der Waals surface area contributed by atoms with Gasteiger partial charge in [0.15, 0.2) is 0 Å². The fourth-order valence-electron chi connectivity index (χ4n) is 1.16. The second-order valence-electron chi connectivity index (χ2n) is 2.48. The molecule has 1 atom stereocenters. The quantitative estimate of drug-likeness (QED) is 0.554. The average molecular weight is 181 g/mol. The summed E-state index contributed by atoms with van der Waals surface area (Å²) in [5, 5.41) is 0.484. The minimum Gasteiger partial charge on any atom is -0.271 e. The van der Waals surface area contributed by atoms with Crippen LogP contribution in [0, 0.1) is 5.92 Å². The number of hydrogen-bond acceptors (Lipinski definition) is 2. The number of amides is 1. The van der Waals surface area contributed by atoms with Gasteiger partial charge in [0.25, 0.3) is 5.91 Å². The molecular formula is C8H5ClN2O. The van der Waals surface area contributed by atoms with Crippen molar-refractivity contribution in [3.8, 4) is 0 Å². The van der Waals surface area contributed by atoms with Gasteiger partial charge in [-0.1, -0.05) is 17.7 Å². The first-order valence-electron chi connectivity index (χ1n) is 3.47. The Labute approximate surface area is 74.2 Å². The molecule has 12 heavy (non-hydrogen) atoms. The van der Waals surface area contributed by atoms with Crippen LogP contribution in [0.15, 0.2) is 33.2 Å². The number of rotatable bonds is 0. The molecule has 4 heteroatoms. The summed E-state index contributed by atoms with van der Waals surface area (Å²) in [6.45, 7) is 0. The lowest BCUT2D eigenvalue weighted by Crippen LogP contribution is -2.26. The SMILES string of the molecule is O=C1N=CN=C2C=CC=C(Cl)C12. The highest BCUT2D eigenvalue weighted by Gasteiger charge is 2.28. The molecular weight excluding hydrogens is 176 g/mol. The predicted molar refractivity (Wildman–Crippen MR) is 47.5 cm³/mol. The first-order valence-corrected chi connectivity index (χ1v) is 3.84. The van der Waals surface area contributed by atoms with E-state index in [4.69, 9.17) is 11.6 Å². The second kappa shape index (κ2) is 2.68. The third-order valence-electron chi connectivity index (χ3n) is 1.73. The topological polar surface area (TPSA) is 41.8 Å². The number of hydrogen-bond donors (Lipinski definition) is 0. The maximum Gasteiger partial charge on any atom is 0.261 e. The highest BCUT2D eigenvalue weighted by atomic mass is 35.5. The fraction of sp³-hybridized carbons (Fsp3) is 0.125. The zero-order chi connectivity index (χ0) is 8.55. The van der Waals surface area contributed by atoms with Gasteiger partial charge in [-0.3, -0.25) is 4.79 Å². The lowest BCUT2D eigenvalue weighted by atomic mass is 9.97. The predicted octanol–water partition coefficient (Wildman–Crippen LogP) is 1.30. The second-order valence-corrected chi connectivity index (χ2v) is 2.92. The van der Waals surface area contributed by atoms with Crippen molar-refractivity contribution in [3.05, 3.63) is 23.3 Å². The molecule has 0 aromatic heterocycles. The number of carbonyl (C=O) groups excluding carboxylic acids is 1. The first-order chi connectivity index (χ1) is 5.79. The summed E-state index contributed by atoms with van der Waals surface area (Å²) in [5.74, 6) is -0.702. The third-order valence-corrected chi connectivity index (χ3v) is 2.08. The lowest BCUT2D eigenvalue weighted by molar-refractivity contribution is -0.118. The highest BCUT2D eigenvalue weighted by molar-refractivity contribution is 6.36. The summed E-state index contributed by atoms with van der Waals surface area (Å²) in [7, 11) is 0. The van der Waals surface area contributed by atoms with E-state index < -0.39 is 5.92 Å². The number of allylic oxidation sites excluding steroid dienone is 3. The molecule has 1 amide bonds. The van der Waals surface area contributed by atoms with E-state index in [1.807, 2.05) is 0 Å². The molecule has 2 aliphatic rings. The van der Waals surface area contributed by atoms with Crippen molar-refractivity contribution < 1.29 is 4.79 Å². The Morgan fingerprint density at radius 1 is 1.50 bits per heavy atom. The molecule has 0 radical (unpaired) electrons. The highest BCUT2D eigenvalue weighted by Crippen LogP contribution is 2.24. The van der Waals surface area contributed by atoms with Gasteiger partial charge in [-0.2, -0.15) is 0 Å². The summed E-state index contributed by atoms with van der Waals surface area (Å²) < 4.78 is 0. The molecule has 0 bridgehead atoms. The van der Waals surface area contributed by atoms with Crippen LogP contribution < -0.4 is 0 Å². The molecule has 1 aliphatic carbocycles. The van der Waals surface area contributed by atoms with Gasteiger partial charge in [0.1, 0.15) is 12.3 Å². The molecule has 0 fully saturated rings. The maximum absolute atomic E-state index is 11.2. The van der Waals surface area contributed by atoms with Crippen molar-refractivity contribution in [2.24, 2.45) is 15.9 Å². The van der Waals surface area contributed by atoms with E-state index in [1.165, 1.54) is 6.34 Å². The lowest BCUT2D eigenvalue weighted by Gasteiger charge is -2.17. The maximum atomic E-state index is 11.2. The van der Waals surface area contributed by atoms with Gasteiger partial charge in [0, 0.05) is 5.03 Å². The van der Waals surface area contributed by atoms with E-state index in [0.29, 0.717) is 10.7 Å². The first kappa shape index (κ1) is 7.43. The smallest absolute Gasteiger partial charge is 0.261 e. The zero-order valence-corrected chi connectivity index (χ0v) is 6.82. The molecule has 1 unspecified atom stereocenters. The summed E-state index contributed by atoms with van der Waals surface area (Å²) in [6, 6.07) is 0. The summed E-state index contributed by atoms with van der Waals surface area (Å²) >= 11 is 5.82. The van der Waals surface area contributed by atoms with Gasteiger partial charge in [-0.05, 0) is 12.2 Å². The van der Waals surface area contributed by atoms with Crippen LogP contribution in [-0.2, 0) is 4.79 Å². The number of halogens is 1. The van der Waals surface area contributed by atoms with Crippen LogP contribution in [-0.4, -0.2) is 18.0 Å². The standard InChI is InChI=1S/C8H5ClN2O/c9-5-2-1-3-6-7(5)8(12)11-4-10-6/h1-4,7H. The molecule has 2 rings (SSSR count). The van der Waals surface area contributed by atoms with Crippen LogP contribution in [0.25, 0.3) is 0 Å². The largest absolute Gasteiger partial charge is 0.271 e. The molecule has 1 aliphatic heterocycles. The van der Waals surface area contributed by atoms with E-state index >= 15 is 0 Å². The van der Waals surface area contributed by atoms with Crippen LogP contribution in [0.5, 0.6) is 0 Å². The Hall–Kier alpha value is -1.22. The molecule has 0 N–H and O–H groups in total. The van der Waals surface area contributed by atoms with Gasteiger partial charge < -0.3 is 0 Å². The molecule has 1 heterocycles. The van der Waals surface area contributed by atoms with Crippen molar-refractivity contribution in [1.29, 1.82) is 0 Å². The van der Waals surface area contributed by atoms with Crippen LogP contribution >= 0.6 is 11.6 Å². The molecule has 0 aromatic rings. The normalized spacial score (nSPS) is 26.4. The number of aliphatic imine (C=N–C) groups is 2. The van der Waals surface area contributed by atoms with Gasteiger partial charge in [-0.25, -0.2) is 9.98 Å². The molecule has 0 saturated heterocycles. The fourth-order valence-corrected chi connectivity index (χ4v) is 1.44. The van der Waals surface area contributed by atoms with E-state index in [-0.39, 0.29) is 5.91 Å². The summed E-state index contributed by atoms with van der Waals surface area (Å²) in [5.41, 5.74) is 0.669. The third kappa shape index (κ3) is 1.02. The molecule has 0 spiro atoms. The molecule has 60 valence electrons. The van der Waals surface area contributed by atoms with Crippen molar-refractivity contribution in [3.63, 3.8) is 0 Å². The van der Waals surface area contributed by atoms with E-state index in [9.17, 15) is 4.79 Å². The van der Waals surface area contributed by atoms with Crippen LogP contribution in [0.4, 0.5) is 0 Å². The average Bonchev–Trinajstić information content (AvgIpc) is 2.04. The Morgan fingerprint density at radius 2 is 2.33 bits per heavy atom. The van der Waals surface area contributed by atoms with Crippen molar-refractivity contribution in [1.82, 2.24) is 0 Å². The van der Waals surface area contributed by atoms with E-state index in [1.54, 1.807) is 18.2 Å². The monoisotopic (exact) mass is 180 g/mol. The Balaban J connectivity index is 2.47. The van der Waals surface area contributed by atoms with Crippen molar-refractivity contribution >= 4 is 29.6 Å². The molecule has 3 nitrogen and oxygen atoms in total. The molecule has 0 aromatic carbocycles. The van der Waals surface area contributed by atoms with Crippen LogP contribution in [0.1, 0.15) is 0 Å². The number of carbonyl (C=O) groups is 1. The van der Waals surface area contributed by atoms with Gasteiger partial charge in [-0.15, -0.1) is 0 Å². The van der Waals surface area contributed by atoms with E-state index in [0.717, 1.165) is 0 Å². The van der Waals surface area contributed by atoms with Crippen LogP contribution in [0.2, 0.25) is 0 Å². The van der Waals surface area contributed by atoms with Gasteiger partial charge >= 0.3 is 0 Å². The summed E-state index contributed by atoms with van der Waals surface area (Å²) in [4.78, 5) is 18.7. The van der Waals surface area contributed by atoms with Gasteiger partial charge in [0.05, 0.1) is 5.71 Å². The Kier molecular flexibility index (Phi) is 1.66. The Bertz CT molecular complexity index is 352. The minimum absolute atomic E-state index is 0.245. The van der Waals surface area contributed by atoms with Crippen molar-refractivity contribution in [2.45, 2.75) is 0 Å². The summed E-state index contributed by atoms with van der Waals surface area (Å²) in [6.07, 6.45) is 6.47. The minimum atomic E-state index is -0.457. The van der Waals surface area contributed by atoms with E-state index in [2.05, 4.69) is 9.98 Å².